The summed E-state index contributed by atoms with van der Waals surface area (Å²) < 4.78 is 5.55. The van der Waals surface area contributed by atoms with E-state index in [2.05, 4.69) is 29.0 Å². The summed E-state index contributed by atoms with van der Waals surface area (Å²) >= 11 is 3.13. The number of rotatable bonds is 9. The number of amides is 2. The molecule has 2 N–H and O–H groups in total. The zero-order valence-corrected chi connectivity index (χ0v) is 20.8. The highest BCUT2D eigenvalue weighted by Crippen LogP contribution is 2.33. The lowest BCUT2D eigenvalue weighted by molar-refractivity contribution is 0.106. The van der Waals surface area contributed by atoms with Gasteiger partial charge in [-0.05, 0) is 23.8 Å². The van der Waals surface area contributed by atoms with Crippen LogP contribution in [-0.2, 0) is 11.3 Å². The topological polar surface area (TPSA) is 90.6 Å². The number of aromatic nitrogens is 2. The van der Waals surface area contributed by atoms with Crippen molar-refractivity contribution < 1.29 is 9.53 Å². The molecule has 178 valence electrons. The predicted octanol–water partition coefficient (Wildman–Crippen LogP) is 3.60. The summed E-state index contributed by atoms with van der Waals surface area (Å²) in [6.07, 6.45) is 0.816. The monoisotopic (exact) mass is 489 g/mol. The van der Waals surface area contributed by atoms with Crippen LogP contribution in [0.3, 0.4) is 0 Å². The van der Waals surface area contributed by atoms with Gasteiger partial charge in [-0.1, -0.05) is 19.9 Å². The molecule has 0 atom stereocenters. The van der Waals surface area contributed by atoms with Crippen molar-refractivity contribution in [2.24, 2.45) is 5.92 Å². The molecule has 1 saturated heterocycles. The van der Waals surface area contributed by atoms with Gasteiger partial charge in [0.05, 0.1) is 11.9 Å². The fourth-order valence-corrected chi connectivity index (χ4v) is 5.58. The lowest BCUT2D eigenvalue weighted by Gasteiger charge is -2.34. The van der Waals surface area contributed by atoms with E-state index in [1.165, 1.54) is 11.3 Å². The first-order valence-electron chi connectivity index (χ1n) is 11.4. The van der Waals surface area contributed by atoms with Crippen molar-refractivity contribution in [3.63, 3.8) is 0 Å². The maximum atomic E-state index is 12.8. The summed E-state index contributed by atoms with van der Waals surface area (Å²) in [7, 11) is 0. The molecule has 3 aromatic rings. The predicted molar refractivity (Wildman–Crippen MR) is 134 cm³/mol. The van der Waals surface area contributed by atoms with E-state index in [0.717, 1.165) is 41.4 Å². The largest absolute Gasteiger partial charge is 0.381 e. The van der Waals surface area contributed by atoms with Gasteiger partial charge in [-0.3, -0.25) is 9.69 Å². The summed E-state index contributed by atoms with van der Waals surface area (Å²) in [4.78, 5) is 38.8. The number of ether oxygens (including phenoxy) is 1. The molecular weight excluding hydrogens is 458 g/mol. The minimum absolute atomic E-state index is 0.0221. The molecule has 1 aliphatic heterocycles. The van der Waals surface area contributed by atoms with Gasteiger partial charge in [-0.15, -0.1) is 22.7 Å². The van der Waals surface area contributed by atoms with E-state index < -0.39 is 0 Å². The van der Waals surface area contributed by atoms with E-state index in [9.17, 15) is 9.59 Å². The second kappa shape index (κ2) is 11.2. The van der Waals surface area contributed by atoms with E-state index >= 15 is 0 Å². The molecular formula is C23H31N5O3S2. The van der Waals surface area contributed by atoms with Gasteiger partial charge >= 0.3 is 6.03 Å². The Hall–Kier alpha value is -2.27. The third-order valence-corrected chi connectivity index (χ3v) is 7.28. The number of nitrogens with zero attached hydrogens (tertiary/aromatic N) is 3. The first-order valence-corrected chi connectivity index (χ1v) is 13.1. The first kappa shape index (κ1) is 23.9. The molecule has 8 nitrogen and oxygen atoms in total. The molecule has 0 aliphatic carbocycles. The van der Waals surface area contributed by atoms with Gasteiger partial charge in [0.15, 0.2) is 0 Å². The van der Waals surface area contributed by atoms with Gasteiger partial charge in [-0.2, -0.15) is 0 Å². The van der Waals surface area contributed by atoms with Gasteiger partial charge in [0.25, 0.3) is 5.56 Å². The lowest BCUT2D eigenvalue weighted by atomic mass is 10.2. The van der Waals surface area contributed by atoms with Crippen LogP contribution < -0.4 is 10.9 Å². The molecule has 0 bridgehead atoms. The summed E-state index contributed by atoms with van der Waals surface area (Å²) in [6.45, 7) is 9.67. The third-order valence-electron chi connectivity index (χ3n) is 5.51. The van der Waals surface area contributed by atoms with E-state index in [-0.39, 0.29) is 11.6 Å². The normalized spacial score (nSPS) is 14.9. The average Bonchev–Trinajstić information content (AvgIpc) is 3.46. The summed E-state index contributed by atoms with van der Waals surface area (Å²) in [5.41, 5.74) is 0.867. The van der Waals surface area contributed by atoms with Crippen molar-refractivity contribution in [3.05, 3.63) is 39.1 Å². The molecule has 3 aromatic heterocycles. The smallest absolute Gasteiger partial charge is 0.317 e. The van der Waals surface area contributed by atoms with Gasteiger partial charge < -0.3 is 19.9 Å². The molecule has 0 radical (unpaired) electrons. The maximum absolute atomic E-state index is 12.8. The number of fused-ring (bicyclic) bond motifs is 1. The Morgan fingerprint density at radius 3 is 2.82 bits per heavy atom. The molecule has 0 unspecified atom stereocenters. The van der Waals surface area contributed by atoms with Crippen molar-refractivity contribution >= 4 is 38.9 Å². The van der Waals surface area contributed by atoms with Gasteiger partial charge in [0.1, 0.15) is 10.7 Å². The Bertz CT molecular complexity index is 1100. The Kier molecular flexibility index (Phi) is 8.13. The summed E-state index contributed by atoms with van der Waals surface area (Å²) in [6, 6.07) is 3.99. The molecule has 4 heterocycles. The van der Waals surface area contributed by atoms with Crippen LogP contribution in [0.1, 0.15) is 26.1 Å². The van der Waals surface area contributed by atoms with E-state index in [4.69, 9.17) is 9.72 Å². The number of aromatic amines is 1. The molecule has 0 spiro atoms. The van der Waals surface area contributed by atoms with Crippen LogP contribution in [0.15, 0.2) is 27.7 Å². The lowest BCUT2D eigenvalue weighted by Crippen LogP contribution is -2.51. The Morgan fingerprint density at radius 2 is 2.09 bits per heavy atom. The fraction of sp³-hybridized carbons (Fsp3) is 0.522. The molecule has 1 aliphatic rings. The third kappa shape index (κ3) is 6.20. The average molecular weight is 490 g/mol. The Labute approximate surface area is 201 Å². The van der Waals surface area contributed by atoms with Crippen LogP contribution in [0, 0.1) is 5.92 Å². The van der Waals surface area contributed by atoms with E-state index in [0.29, 0.717) is 49.9 Å². The number of hydrogen-bond acceptors (Lipinski definition) is 7. The molecule has 10 heteroatoms. The van der Waals surface area contributed by atoms with Crippen molar-refractivity contribution in [1.82, 2.24) is 25.1 Å². The number of nitrogens with one attached hydrogen (secondary N) is 2. The van der Waals surface area contributed by atoms with Crippen LogP contribution in [-0.4, -0.2) is 71.7 Å². The molecule has 2 amide bonds. The van der Waals surface area contributed by atoms with Crippen molar-refractivity contribution in [3.8, 4) is 10.4 Å². The summed E-state index contributed by atoms with van der Waals surface area (Å²) in [5.74, 6) is 1.20. The van der Waals surface area contributed by atoms with Crippen molar-refractivity contribution in [2.75, 3.05) is 45.9 Å². The number of carbonyl (C=O) groups excluding carboxylic acids is 1. The SMILES string of the molecule is CC(C)COCCCNC(=O)N1CCN(Cc2nc3scc(-c4cccs4)c3c(=O)[nH]2)CC1. The van der Waals surface area contributed by atoms with Crippen molar-refractivity contribution in [1.29, 1.82) is 0 Å². The van der Waals surface area contributed by atoms with Crippen LogP contribution in [0.4, 0.5) is 4.79 Å². The quantitative estimate of drug-likeness (QED) is 0.448. The zero-order valence-electron chi connectivity index (χ0n) is 19.1. The summed E-state index contributed by atoms with van der Waals surface area (Å²) in [5, 5.41) is 7.67. The van der Waals surface area contributed by atoms with Crippen LogP contribution in [0.2, 0.25) is 0 Å². The Balaban J connectivity index is 1.25. The molecule has 1 fully saturated rings. The first-order chi connectivity index (χ1) is 16.0. The number of urea groups is 1. The highest BCUT2D eigenvalue weighted by Gasteiger charge is 2.22. The molecule has 0 saturated carbocycles. The Morgan fingerprint density at radius 1 is 1.27 bits per heavy atom. The maximum Gasteiger partial charge on any atom is 0.317 e. The van der Waals surface area contributed by atoms with E-state index in [1.54, 1.807) is 11.3 Å². The number of hydrogen-bond donors (Lipinski definition) is 2. The standard InChI is InChI=1S/C23H31N5O3S2/c1-16(2)14-31-11-4-6-24-23(30)28-9-7-27(8-10-28)13-19-25-21(29)20-17(15-33-22(20)26-19)18-5-3-12-32-18/h3,5,12,15-16H,4,6-11,13-14H2,1-2H3,(H,24,30)(H,25,26,29). The highest BCUT2D eigenvalue weighted by atomic mass is 32.1. The van der Waals surface area contributed by atoms with E-state index in [1.807, 2.05) is 27.8 Å². The highest BCUT2D eigenvalue weighted by molar-refractivity contribution is 7.18. The minimum Gasteiger partial charge on any atom is -0.381 e. The fourth-order valence-electron chi connectivity index (χ4n) is 3.80. The number of piperazine rings is 1. The zero-order chi connectivity index (χ0) is 23.2. The number of carbonyl (C=O) groups is 1. The van der Waals surface area contributed by atoms with Gasteiger partial charge in [0, 0.05) is 61.8 Å². The minimum atomic E-state index is -0.0879. The van der Waals surface area contributed by atoms with Crippen LogP contribution in [0.5, 0.6) is 0 Å². The second-order valence-corrected chi connectivity index (χ2v) is 10.4. The molecule has 33 heavy (non-hydrogen) atoms. The van der Waals surface area contributed by atoms with Crippen LogP contribution in [0.25, 0.3) is 20.7 Å². The van der Waals surface area contributed by atoms with Crippen molar-refractivity contribution in [2.45, 2.75) is 26.8 Å². The second-order valence-electron chi connectivity index (χ2n) is 8.64. The van der Waals surface area contributed by atoms with Crippen LogP contribution >= 0.6 is 22.7 Å². The number of H-pyrrole nitrogens is 1. The van der Waals surface area contributed by atoms with Gasteiger partial charge in [0.2, 0.25) is 0 Å². The molecule has 0 aromatic carbocycles. The van der Waals surface area contributed by atoms with Gasteiger partial charge in [-0.25, -0.2) is 9.78 Å². The number of thiophene rings is 2. The molecule has 4 rings (SSSR count).